The summed E-state index contributed by atoms with van der Waals surface area (Å²) in [5, 5.41) is 4.89. The van der Waals surface area contributed by atoms with E-state index in [4.69, 9.17) is 0 Å². The lowest BCUT2D eigenvalue weighted by molar-refractivity contribution is -0.132. The Morgan fingerprint density at radius 1 is 1.42 bits per heavy atom. The summed E-state index contributed by atoms with van der Waals surface area (Å²) in [5.74, 6) is -0.728. The molecular formula is C11H16N4O4. The maximum Gasteiger partial charge on any atom is 0.324 e. The lowest BCUT2D eigenvalue weighted by atomic mass is 10.2. The van der Waals surface area contributed by atoms with Crippen LogP contribution in [-0.2, 0) is 14.4 Å². The van der Waals surface area contributed by atoms with E-state index in [0.717, 1.165) is 0 Å². The van der Waals surface area contributed by atoms with Gasteiger partial charge in [0, 0.05) is 20.0 Å². The Balaban J connectivity index is 1.89. The van der Waals surface area contributed by atoms with E-state index in [-0.39, 0.29) is 36.9 Å². The first-order valence-corrected chi connectivity index (χ1v) is 6.11. The largest absolute Gasteiger partial charge is 0.347 e. The van der Waals surface area contributed by atoms with Gasteiger partial charge in [-0.15, -0.1) is 0 Å². The molecule has 19 heavy (non-hydrogen) atoms. The number of urea groups is 1. The molecule has 1 unspecified atom stereocenters. The molecule has 2 aliphatic heterocycles. The van der Waals surface area contributed by atoms with Crippen molar-refractivity contribution in [1.82, 2.24) is 20.4 Å². The van der Waals surface area contributed by atoms with Gasteiger partial charge in [-0.05, 0) is 6.42 Å². The van der Waals surface area contributed by atoms with Crippen LogP contribution in [0.2, 0.25) is 0 Å². The molecule has 1 atom stereocenters. The zero-order valence-electron chi connectivity index (χ0n) is 10.6. The fraction of sp³-hybridized carbons (Fsp3) is 0.636. The summed E-state index contributed by atoms with van der Waals surface area (Å²) in [6.07, 6.45) is 0.574. The molecule has 2 aliphatic rings. The molecule has 0 saturated carbocycles. The van der Waals surface area contributed by atoms with Crippen molar-refractivity contribution in [2.24, 2.45) is 0 Å². The molecule has 0 aliphatic carbocycles. The summed E-state index contributed by atoms with van der Waals surface area (Å²) in [6.45, 7) is 2.13. The predicted molar refractivity (Wildman–Crippen MR) is 63.9 cm³/mol. The Labute approximate surface area is 110 Å². The number of hydrogen-bond acceptors (Lipinski definition) is 4. The molecule has 2 fully saturated rings. The Morgan fingerprint density at radius 2 is 2.16 bits per heavy atom. The highest BCUT2D eigenvalue weighted by Gasteiger charge is 2.39. The molecule has 0 bridgehead atoms. The zero-order valence-corrected chi connectivity index (χ0v) is 10.6. The van der Waals surface area contributed by atoms with Crippen LogP contribution in [0.5, 0.6) is 0 Å². The van der Waals surface area contributed by atoms with E-state index in [9.17, 15) is 19.2 Å². The quantitative estimate of drug-likeness (QED) is 0.594. The summed E-state index contributed by atoms with van der Waals surface area (Å²) < 4.78 is 0. The number of likely N-dealkylation sites (tertiary alicyclic amines) is 1. The second kappa shape index (κ2) is 5.25. The Hall–Kier alpha value is -2.12. The van der Waals surface area contributed by atoms with Gasteiger partial charge in [-0.3, -0.25) is 19.3 Å². The molecule has 8 heteroatoms. The van der Waals surface area contributed by atoms with Crippen LogP contribution in [0.15, 0.2) is 0 Å². The molecule has 0 radical (unpaired) electrons. The van der Waals surface area contributed by atoms with E-state index in [1.165, 1.54) is 11.8 Å². The van der Waals surface area contributed by atoms with E-state index >= 15 is 0 Å². The van der Waals surface area contributed by atoms with Crippen molar-refractivity contribution in [2.75, 3.05) is 26.2 Å². The molecule has 2 saturated heterocycles. The van der Waals surface area contributed by atoms with E-state index in [0.29, 0.717) is 19.5 Å². The van der Waals surface area contributed by atoms with Crippen molar-refractivity contribution < 1.29 is 19.2 Å². The van der Waals surface area contributed by atoms with Gasteiger partial charge >= 0.3 is 6.03 Å². The van der Waals surface area contributed by atoms with Gasteiger partial charge < -0.3 is 15.5 Å². The van der Waals surface area contributed by atoms with Crippen LogP contribution in [0.25, 0.3) is 0 Å². The maximum atomic E-state index is 11.8. The number of nitrogens with one attached hydrogen (secondary N) is 2. The minimum Gasteiger partial charge on any atom is -0.347 e. The Kier molecular flexibility index (Phi) is 3.68. The molecular weight excluding hydrogens is 252 g/mol. The number of carbonyl (C=O) groups is 4. The third-order valence-corrected chi connectivity index (χ3v) is 3.25. The number of imide groups is 1. The topological polar surface area (TPSA) is 98.8 Å². The molecule has 2 rings (SSSR count). The van der Waals surface area contributed by atoms with Crippen LogP contribution in [0, 0.1) is 0 Å². The number of nitrogens with zero attached hydrogens (tertiary/aromatic N) is 2. The van der Waals surface area contributed by atoms with E-state index in [1.54, 1.807) is 4.90 Å². The van der Waals surface area contributed by atoms with E-state index in [2.05, 4.69) is 10.6 Å². The van der Waals surface area contributed by atoms with Gasteiger partial charge in [0.25, 0.3) is 0 Å². The average Bonchev–Trinajstić information content (AvgIpc) is 2.93. The highest BCUT2D eigenvalue weighted by Crippen LogP contribution is 2.18. The highest BCUT2D eigenvalue weighted by molar-refractivity contribution is 6.02. The summed E-state index contributed by atoms with van der Waals surface area (Å²) in [4.78, 5) is 48.3. The maximum absolute atomic E-state index is 11.8. The molecule has 5 amide bonds. The minimum atomic E-state index is -0.397. The normalized spacial score (nSPS) is 22.7. The van der Waals surface area contributed by atoms with Gasteiger partial charge in [0.05, 0.1) is 19.1 Å². The number of rotatable bonds is 3. The van der Waals surface area contributed by atoms with Crippen molar-refractivity contribution in [3.63, 3.8) is 0 Å². The molecule has 8 nitrogen and oxygen atoms in total. The Morgan fingerprint density at radius 3 is 2.74 bits per heavy atom. The monoisotopic (exact) mass is 268 g/mol. The SMILES string of the molecule is CC(=O)NCC(=O)N1CCC(N2C(=O)CNC2=O)C1. The third kappa shape index (κ3) is 2.83. The van der Waals surface area contributed by atoms with Crippen LogP contribution in [-0.4, -0.2) is 65.8 Å². The summed E-state index contributed by atoms with van der Waals surface area (Å²) in [6, 6.07) is -0.664. The zero-order chi connectivity index (χ0) is 14.0. The van der Waals surface area contributed by atoms with Crippen LogP contribution >= 0.6 is 0 Å². The van der Waals surface area contributed by atoms with Crippen molar-refractivity contribution in [3.8, 4) is 0 Å². The molecule has 0 aromatic heterocycles. The molecule has 0 aromatic carbocycles. The van der Waals surface area contributed by atoms with E-state index in [1.807, 2.05) is 0 Å². The first kappa shape index (κ1) is 13.3. The molecule has 2 N–H and O–H groups in total. The standard InChI is InChI=1S/C11H16N4O4/c1-7(16)12-4-9(17)14-3-2-8(6-14)15-10(18)5-13-11(15)19/h8H,2-6H2,1H3,(H,12,16)(H,13,19). The van der Waals surface area contributed by atoms with Crippen LogP contribution in [0.1, 0.15) is 13.3 Å². The number of amides is 5. The van der Waals surface area contributed by atoms with Gasteiger partial charge in [-0.2, -0.15) is 0 Å². The second-order valence-corrected chi connectivity index (χ2v) is 4.61. The average molecular weight is 268 g/mol. The van der Waals surface area contributed by atoms with Crippen molar-refractivity contribution in [2.45, 2.75) is 19.4 Å². The third-order valence-electron chi connectivity index (χ3n) is 3.25. The lowest BCUT2D eigenvalue weighted by Crippen LogP contribution is -2.44. The van der Waals surface area contributed by atoms with Crippen LogP contribution in [0.4, 0.5) is 4.79 Å². The molecule has 0 aromatic rings. The fourth-order valence-corrected chi connectivity index (χ4v) is 2.30. The number of hydrogen-bond donors (Lipinski definition) is 2. The summed E-state index contributed by atoms with van der Waals surface area (Å²) in [7, 11) is 0. The molecule has 0 spiro atoms. The summed E-state index contributed by atoms with van der Waals surface area (Å²) in [5.41, 5.74) is 0. The smallest absolute Gasteiger partial charge is 0.324 e. The van der Waals surface area contributed by atoms with Crippen molar-refractivity contribution in [1.29, 1.82) is 0 Å². The predicted octanol–water partition coefficient (Wildman–Crippen LogP) is -1.72. The Bertz CT molecular complexity index is 420. The van der Waals surface area contributed by atoms with Gasteiger partial charge in [-0.1, -0.05) is 0 Å². The lowest BCUT2D eigenvalue weighted by Gasteiger charge is -2.21. The van der Waals surface area contributed by atoms with Gasteiger partial charge in [0.2, 0.25) is 17.7 Å². The second-order valence-electron chi connectivity index (χ2n) is 4.61. The van der Waals surface area contributed by atoms with Crippen LogP contribution < -0.4 is 10.6 Å². The van der Waals surface area contributed by atoms with Gasteiger partial charge in [0.15, 0.2) is 0 Å². The van der Waals surface area contributed by atoms with E-state index < -0.39 is 6.03 Å². The summed E-state index contributed by atoms with van der Waals surface area (Å²) >= 11 is 0. The first-order chi connectivity index (χ1) is 8.99. The van der Waals surface area contributed by atoms with Gasteiger partial charge in [-0.25, -0.2) is 4.79 Å². The molecule has 104 valence electrons. The van der Waals surface area contributed by atoms with Gasteiger partial charge in [0.1, 0.15) is 0 Å². The van der Waals surface area contributed by atoms with Crippen LogP contribution in [0.3, 0.4) is 0 Å². The molecule has 2 heterocycles. The fourth-order valence-electron chi connectivity index (χ4n) is 2.30. The minimum absolute atomic E-state index is 0.0230. The number of carbonyl (C=O) groups excluding carboxylic acids is 4. The first-order valence-electron chi connectivity index (χ1n) is 6.11. The van der Waals surface area contributed by atoms with Crippen molar-refractivity contribution >= 4 is 23.8 Å². The van der Waals surface area contributed by atoms with Crippen molar-refractivity contribution in [3.05, 3.63) is 0 Å². The highest BCUT2D eigenvalue weighted by atomic mass is 16.2.